The number of nitrogens with one attached hydrogen (secondary N) is 2. The molecule has 0 aliphatic rings. The monoisotopic (exact) mass is 262 g/mol. The second-order valence-corrected chi connectivity index (χ2v) is 4.55. The zero-order valence-corrected chi connectivity index (χ0v) is 11.7. The van der Waals surface area contributed by atoms with Gasteiger partial charge in [-0.2, -0.15) is 0 Å². The van der Waals surface area contributed by atoms with Crippen molar-refractivity contribution in [2.75, 3.05) is 18.4 Å². The number of unbranched alkanes of at least 4 members (excludes halogenated alkanes) is 2. The fourth-order valence-corrected chi connectivity index (χ4v) is 1.70. The Labute approximate surface area is 114 Å². The molecule has 1 amide bonds. The number of carbonyl (C=O) groups is 2. The van der Waals surface area contributed by atoms with E-state index in [1.165, 1.54) is 6.92 Å². The molecule has 0 saturated heterocycles. The van der Waals surface area contributed by atoms with Gasteiger partial charge in [-0.05, 0) is 25.5 Å². The molecule has 1 aromatic carbocycles. The van der Waals surface area contributed by atoms with E-state index in [0.29, 0.717) is 5.56 Å². The predicted molar refractivity (Wildman–Crippen MR) is 77.5 cm³/mol. The maximum Gasteiger partial charge on any atom is 0.239 e. The highest BCUT2D eigenvalue weighted by molar-refractivity contribution is 5.95. The molecule has 19 heavy (non-hydrogen) atoms. The summed E-state index contributed by atoms with van der Waals surface area (Å²) < 4.78 is 0. The van der Waals surface area contributed by atoms with Gasteiger partial charge in [-0.3, -0.25) is 9.59 Å². The van der Waals surface area contributed by atoms with Gasteiger partial charge < -0.3 is 10.6 Å². The molecule has 0 fully saturated rings. The molecule has 0 unspecified atom stereocenters. The van der Waals surface area contributed by atoms with Crippen LogP contribution in [0.25, 0.3) is 0 Å². The maximum absolute atomic E-state index is 11.6. The van der Waals surface area contributed by atoms with E-state index < -0.39 is 0 Å². The molecule has 0 atom stereocenters. The molecular weight excluding hydrogens is 240 g/mol. The van der Waals surface area contributed by atoms with E-state index in [1.807, 2.05) is 6.07 Å². The average Bonchev–Trinajstić information content (AvgIpc) is 2.41. The first-order valence-electron chi connectivity index (χ1n) is 6.75. The highest BCUT2D eigenvalue weighted by Crippen LogP contribution is 2.10. The minimum absolute atomic E-state index is 0.0210. The van der Waals surface area contributed by atoms with Crippen LogP contribution in [0.15, 0.2) is 24.3 Å². The van der Waals surface area contributed by atoms with Gasteiger partial charge in [0.25, 0.3) is 0 Å². The zero-order chi connectivity index (χ0) is 14.1. The summed E-state index contributed by atoms with van der Waals surface area (Å²) in [7, 11) is 0. The van der Waals surface area contributed by atoms with Crippen molar-refractivity contribution in [2.45, 2.75) is 33.1 Å². The molecule has 104 valence electrons. The molecule has 2 N–H and O–H groups in total. The van der Waals surface area contributed by atoms with Crippen molar-refractivity contribution in [1.29, 1.82) is 0 Å². The smallest absolute Gasteiger partial charge is 0.239 e. The third-order valence-corrected chi connectivity index (χ3v) is 2.82. The Balaban J connectivity index is 2.33. The van der Waals surface area contributed by atoms with Crippen LogP contribution in [0.3, 0.4) is 0 Å². The molecular formula is C15H22N2O2. The van der Waals surface area contributed by atoms with Gasteiger partial charge in [-0.15, -0.1) is 0 Å². The first kappa shape index (κ1) is 15.2. The van der Waals surface area contributed by atoms with Gasteiger partial charge in [0.2, 0.25) is 5.91 Å². The first-order chi connectivity index (χ1) is 9.13. The molecule has 0 heterocycles. The van der Waals surface area contributed by atoms with Crippen molar-refractivity contribution in [3.05, 3.63) is 29.8 Å². The molecule has 0 radical (unpaired) electrons. The van der Waals surface area contributed by atoms with E-state index in [-0.39, 0.29) is 18.2 Å². The fourth-order valence-electron chi connectivity index (χ4n) is 1.70. The molecule has 4 nitrogen and oxygen atoms in total. The highest BCUT2D eigenvalue weighted by Gasteiger charge is 2.02. The summed E-state index contributed by atoms with van der Waals surface area (Å²) >= 11 is 0. The van der Waals surface area contributed by atoms with Gasteiger partial charge in [0, 0.05) is 17.8 Å². The van der Waals surface area contributed by atoms with Crippen molar-refractivity contribution >= 4 is 17.4 Å². The molecule has 0 saturated carbocycles. The Morgan fingerprint density at radius 2 is 2.00 bits per heavy atom. The van der Waals surface area contributed by atoms with Gasteiger partial charge >= 0.3 is 0 Å². The lowest BCUT2D eigenvalue weighted by Crippen LogP contribution is -2.30. The normalized spacial score (nSPS) is 10.0. The molecule has 0 spiro atoms. The standard InChI is InChI=1S/C15H22N2O2/c1-3-4-5-9-16-15(19)11-17-14-8-6-7-13(10-14)12(2)18/h6-8,10,17H,3-5,9,11H2,1-2H3,(H,16,19). The Morgan fingerprint density at radius 1 is 1.21 bits per heavy atom. The Kier molecular flexibility index (Phi) is 6.64. The lowest BCUT2D eigenvalue weighted by molar-refractivity contribution is -0.119. The average molecular weight is 262 g/mol. The van der Waals surface area contributed by atoms with Crippen LogP contribution in [0.5, 0.6) is 0 Å². The van der Waals surface area contributed by atoms with Gasteiger partial charge in [0.15, 0.2) is 5.78 Å². The summed E-state index contributed by atoms with van der Waals surface area (Å²) in [6.07, 6.45) is 3.29. The predicted octanol–water partition coefficient (Wildman–Crippen LogP) is 2.61. The second-order valence-electron chi connectivity index (χ2n) is 4.55. The maximum atomic E-state index is 11.6. The minimum Gasteiger partial charge on any atom is -0.376 e. The van der Waals surface area contributed by atoms with E-state index in [4.69, 9.17) is 0 Å². The van der Waals surface area contributed by atoms with Crippen LogP contribution < -0.4 is 10.6 Å². The SMILES string of the molecule is CCCCCNC(=O)CNc1cccc(C(C)=O)c1. The van der Waals surface area contributed by atoms with E-state index in [1.54, 1.807) is 18.2 Å². The molecule has 1 aromatic rings. The third kappa shape index (κ3) is 6.04. The number of rotatable bonds is 8. The Hall–Kier alpha value is -1.84. The second kappa shape index (κ2) is 8.29. The van der Waals surface area contributed by atoms with Gasteiger partial charge in [0.1, 0.15) is 0 Å². The quantitative estimate of drug-likeness (QED) is 0.559. The Morgan fingerprint density at radius 3 is 2.68 bits per heavy atom. The topological polar surface area (TPSA) is 58.2 Å². The molecule has 0 bridgehead atoms. The summed E-state index contributed by atoms with van der Waals surface area (Å²) in [6, 6.07) is 7.17. The highest BCUT2D eigenvalue weighted by atomic mass is 16.1. The van der Waals surface area contributed by atoms with Gasteiger partial charge in [-0.25, -0.2) is 0 Å². The Bertz CT molecular complexity index is 430. The van der Waals surface area contributed by atoms with Crippen molar-refractivity contribution in [2.24, 2.45) is 0 Å². The number of ketones is 1. The van der Waals surface area contributed by atoms with Crippen LogP contribution in [0.4, 0.5) is 5.69 Å². The van der Waals surface area contributed by atoms with Crippen LogP contribution >= 0.6 is 0 Å². The molecule has 0 aromatic heterocycles. The number of amides is 1. The van der Waals surface area contributed by atoms with Crippen molar-refractivity contribution < 1.29 is 9.59 Å². The summed E-state index contributed by atoms with van der Waals surface area (Å²) in [6.45, 7) is 4.61. The summed E-state index contributed by atoms with van der Waals surface area (Å²) in [5.74, 6) is -0.00278. The van der Waals surface area contributed by atoms with E-state index >= 15 is 0 Å². The van der Waals surface area contributed by atoms with Crippen LogP contribution in [-0.4, -0.2) is 24.8 Å². The number of carbonyl (C=O) groups excluding carboxylic acids is 2. The number of benzene rings is 1. The lowest BCUT2D eigenvalue weighted by Gasteiger charge is -2.08. The minimum atomic E-state index is -0.0238. The molecule has 0 aliphatic heterocycles. The van der Waals surface area contributed by atoms with E-state index in [9.17, 15) is 9.59 Å². The van der Waals surface area contributed by atoms with E-state index in [2.05, 4.69) is 17.6 Å². The molecule has 0 aliphatic carbocycles. The van der Waals surface area contributed by atoms with Crippen molar-refractivity contribution in [3.8, 4) is 0 Å². The summed E-state index contributed by atoms with van der Waals surface area (Å²) in [5, 5.41) is 5.87. The summed E-state index contributed by atoms with van der Waals surface area (Å²) in [5.41, 5.74) is 1.43. The number of Topliss-reactive ketones (excluding diaryl/α,β-unsaturated/α-hetero) is 1. The largest absolute Gasteiger partial charge is 0.376 e. The van der Waals surface area contributed by atoms with Crippen LogP contribution in [0.2, 0.25) is 0 Å². The van der Waals surface area contributed by atoms with Crippen LogP contribution in [0, 0.1) is 0 Å². The van der Waals surface area contributed by atoms with Crippen LogP contribution in [0.1, 0.15) is 43.5 Å². The van der Waals surface area contributed by atoms with Gasteiger partial charge in [-0.1, -0.05) is 31.9 Å². The summed E-state index contributed by atoms with van der Waals surface area (Å²) in [4.78, 5) is 22.8. The van der Waals surface area contributed by atoms with Crippen molar-refractivity contribution in [3.63, 3.8) is 0 Å². The van der Waals surface area contributed by atoms with Crippen molar-refractivity contribution in [1.82, 2.24) is 5.32 Å². The molecule has 1 rings (SSSR count). The number of hydrogen-bond donors (Lipinski definition) is 2. The first-order valence-corrected chi connectivity index (χ1v) is 6.75. The third-order valence-electron chi connectivity index (χ3n) is 2.82. The van der Waals surface area contributed by atoms with Gasteiger partial charge in [0.05, 0.1) is 6.54 Å². The molecule has 4 heteroatoms. The van der Waals surface area contributed by atoms with E-state index in [0.717, 1.165) is 31.5 Å². The number of anilines is 1. The fraction of sp³-hybridized carbons (Fsp3) is 0.467. The van der Waals surface area contributed by atoms with Crippen LogP contribution in [-0.2, 0) is 4.79 Å². The number of hydrogen-bond acceptors (Lipinski definition) is 3. The lowest BCUT2D eigenvalue weighted by atomic mass is 10.1. The zero-order valence-electron chi connectivity index (χ0n) is 11.7.